The number of rotatable bonds is 9. The van der Waals surface area contributed by atoms with Crippen LogP contribution in [0.15, 0.2) is 46.6 Å². The van der Waals surface area contributed by atoms with Crippen LogP contribution in [0.2, 0.25) is 0 Å². The molecule has 2 aromatic rings. The minimum absolute atomic E-state index is 0.0543. The highest BCUT2D eigenvalue weighted by Gasteiger charge is 2.35. The van der Waals surface area contributed by atoms with Crippen LogP contribution in [0.3, 0.4) is 0 Å². The first-order valence-electron chi connectivity index (χ1n) is 13.2. The van der Waals surface area contributed by atoms with E-state index in [0.29, 0.717) is 50.4 Å². The monoisotopic (exact) mass is 538 g/mol. The second kappa shape index (κ2) is 12.7. The number of morpholine rings is 1. The summed E-state index contributed by atoms with van der Waals surface area (Å²) in [6, 6.07) is 9.01. The van der Waals surface area contributed by atoms with Crippen molar-refractivity contribution in [2.24, 2.45) is 0 Å². The molecule has 2 aliphatic heterocycles. The van der Waals surface area contributed by atoms with E-state index in [0.717, 1.165) is 11.8 Å². The summed E-state index contributed by atoms with van der Waals surface area (Å²) in [5.74, 6) is -1.42. The largest absolute Gasteiger partial charge is 0.475 e. The summed E-state index contributed by atoms with van der Waals surface area (Å²) < 4.78 is 16.3. The van der Waals surface area contributed by atoms with Crippen LogP contribution >= 0.6 is 0 Å². The van der Waals surface area contributed by atoms with E-state index >= 15 is 0 Å². The van der Waals surface area contributed by atoms with Gasteiger partial charge in [0.15, 0.2) is 0 Å². The lowest BCUT2D eigenvalue weighted by Crippen LogP contribution is -2.49. The number of ether oxygens (including phenoxy) is 2. The van der Waals surface area contributed by atoms with Crippen LogP contribution in [0.1, 0.15) is 32.3 Å². The van der Waals surface area contributed by atoms with Gasteiger partial charge in [0, 0.05) is 30.6 Å². The fourth-order valence-electron chi connectivity index (χ4n) is 5.18. The molecule has 0 aliphatic carbocycles. The van der Waals surface area contributed by atoms with Crippen molar-refractivity contribution < 1.29 is 33.5 Å². The number of para-hydroxylation sites is 1. The number of hydrogen-bond acceptors (Lipinski definition) is 9. The number of nitrogens with zero attached hydrogens (tertiary/aromatic N) is 3. The summed E-state index contributed by atoms with van der Waals surface area (Å²) in [4.78, 5) is 29.6. The van der Waals surface area contributed by atoms with Gasteiger partial charge < -0.3 is 34.2 Å². The Hall–Kier alpha value is -3.37. The number of fused-ring (bicyclic) bond motifs is 1. The number of alkyl carbamates (subject to hydrolysis) is 1. The molecule has 2 saturated heterocycles. The molecule has 0 bridgehead atoms. The number of furan rings is 1. The zero-order valence-corrected chi connectivity index (χ0v) is 22.3. The van der Waals surface area contributed by atoms with E-state index in [1.165, 1.54) is 6.26 Å². The van der Waals surface area contributed by atoms with E-state index < -0.39 is 24.7 Å². The summed E-state index contributed by atoms with van der Waals surface area (Å²) in [6.07, 6.45) is 3.86. The lowest BCUT2D eigenvalue weighted by atomic mass is 9.76. The molecule has 11 nitrogen and oxygen atoms in total. The number of nitrogens with one attached hydrogen (secondary N) is 1. The first-order chi connectivity index (χ1) is 18.7. The van der Waals surface area contributed by atoms with Gasteiger partial charge in [-0.1, -0.05) is 18.2 Å². The van der Waals surface area contributed by atoms with Crippen LogP contribution in [0, 0.1) is 11.3 Å². The average Bonchev–Trinajstić information content (AvgIpc) is 3.57. The predicted octanol–water partition coefficient (Wildman–Crippen LogP) is 1.63. The maximum atomic E-state index is 13.3. The molecule has 2 amide bonds. The molecular formula is C27H35BN4O7. The molecule has 2 atom stereocenters. The van der Waals surface area contributed by atoms with Gasteiger partial charge >= 0.3 is 13.2 Å². The van der Waals surface area contributed by atoms with Crippen molar-refractivity contribution in [3.63, 3.8) is 0 Å². The second-order valence-electron chi connectivity index (χ2n) is 10.4. The molecule has 208 valence electrons. The van der Waals surface area contributed by atoms with Crippen molar-refractivity contribution in [2.45, 2.75) is 50.6 Å². The molecule has 1 aromatic heterocycles. The first-order valence-corrected chi connectivity index (χ1v) is 13.2. The van der Waals surface area contributed by atoms with E-state index in [1.54, 1.807) is 17.0 Å². The molecule has 1 aromatic carbocycles. The fraction of sp³-hybridized carbons (Fsp3) is 0.519. The highest BCUT2D eigenvalue weighted by molar-refractivity contribution is 6.43. The maximum absolute atomic E-state index is 13.3. The summed E-state index contributed by atoms with van der Waals surface area (Å²) >= 11 is 0. The molecule has 0 saturated carbocycles. The highest BCUT2D eigenvalue weighted by Crippen LogP contribution is 2.25. The summed E-state index contributed by atoms with van der Waals surface area (Å²) in [5.41, 5.74) is 0.925. The Bertz CT molecular complexity index is 1230. The lowest BCUT2D eigenvalue weighted by molar-refractivity contribution is -0.128. The average molecular weight is 538 g/mol. The standard InChI is InChI=1S/C27H35BN4O7/c1-27(2,31-10-12-37-13-11-31)15-20(16-29)25(33)32-9-5-6-21(32)18-39-26(34)30-24(28(35)36)14-19-17-38-23-8-4-3-7-22(19)23/h3-4,7-8,15,17,21,24,35-36H,5-6,9-14,18H2,1-2H3,(H,30,34)/t21-,24?/m1/s1. The van der Waals surface area contributed by atoms with E-state index in [1.807, 2.05) is 32.0 Å². The third-order valence-electron chi connectivity index (χ3n) is 7.38. The van der Waals surface area contributed by atoms with Crippen LogP contribution in [0.25, 0.3) is 11.0 Å². The number of carbonyl (C=O) groups excluding carboxylic acids is 2. The van der Waals surface area contributed by atoms with Gasteiger partial charge in [-0.25, -0.2) is 4.79 Å². The van der Waals surface area contributed by atoms with Crippen LogP contribution in [0.5, 0.6) is 0 Å². The first kappa shape index (κ1) is 28.6. The molecule has 2 fully saturated rings. The number of nitriles is 1. The van der Waals surface area contributed by atoms with Gasteiger partial charge in [0.25, 0.3) is 5.91 Å². The molecule has 0 spiro atoms. The highest BCUT2D eigenvalue weighted by atomic mass is 16.5. The molecule has 4 rings (SSSR count). The number of likely N-dealkylation sites (tertiary alicyclic amines) is 1. The van der Waals surface area contributed by atoms with E-state index in [9.17, 15) is 24.9 Å². The summed E-state index contributed by atoms with van der Waals surface area (Å²) in [6.45, 7) is 6.95. The number of hydrogen-bond donors (Lipinski definition) is 3. The van der Waals surface area contributed by atoms with Gasteiger partial charge in [-0.2, -0.15) is 5.26 Å². The lowest BCUT2D eigenvalue weighted by Gasteiger charge is -2.39. The van der Waals surface area contributed by atoms with Crippen molar-refractivity contribution in [1.29, 1.82) is 5.26 Å². The van der Waals surface area contributed by atoms with Gasteiger partial charge in [0.2, 0.25) is 0 Å². The van der Waals surface area contributed by atoms with Gasteiger partial charge in [-0.05, 0) is 50.8 Å². The van der Waals surface area contributed by atoms with Crippen molar-refractivity contribution >= 4 is 30.1 Å². The second-order valence-corrected chi connectivity index (χ2v) is 10.4. The number of amides is 2. The number of carbonyl (C=O) groups is 2. The van der Waals surface area contributed by atoms with Crippen LogP contribution in [-0.2, 0) is 20.7 Å². The SMILES string of the molecule is CC(C)(C=C(C#N)C(=O)N1CCC[C@@H]1COC(=O)NC(Cc1coc2ccccc12)B(O)O)N1CCOCC1. The molecule has 1 unspecified atom stereocenters. The van der Waals surface area contributed by atoms with Gasteiger partial charge in [-0.3, -0.25) is 9.69 Å². The van der Waals surface area contributed by atoms with E-state index in [-0.39, 0.29) is 30.5 Å². The van der Waals surface area contributed by atoms with Gasteiger partial charge in [0.1, 0.15) is 23.8 Å². The minimum Gasteiger partial charge on any atom is -0.464 e. The van der Waals surface area contributed by atoms with E-state index in [2.05, 4.69) is 16.3 Å². The Morgan fingerprint density at radius 3 is 2.74 bits per heavy atom. The minimum atomic E-state index is -1.83. The quantitative estimate of drug-likeness (QED) is 0.246. The third-order valence-corrected chi connectivity index (χ3v) is 7.38. The normalized spacial score (nSPS) is 19.5. The Labute approximate surface area is 228 Å². The van der Waals surface area contributed by atoms with Gasteiger partial charge in [0.05, 0.1) is 31.5 Å². The number of benzene rings is 1. The zero-order chi connectivity index (χ0) is 28.0. The maximum Gasteiger partial charge on any atom is 0.475 e. The summed E-state index contributed by atoms with van der Waals surface area (Å²) in [7, 11) is -1.83. The zero-order valence-electron chi connectivity index (χ0n) is 22.3. The summed E-state index contributed by atoms with van der Waals surface area (Å²) in [5, 5.41) is 32.8. The molecule has 12 heteroatoms. The van der Waals surface area contributed by atoms with Crippen molar-refractivity contribution in [2.75, 3.05) is 39.5 Å². The van der Waals surface area contributed by atoms with Crippen molar-refractivity contribution in [3.05, 3.63) is 47.7 Å². The fourth-order valence-corrected chi connectivity index (χ4v) is 5.18. The topological polar surface area (TPSA) is 148 Å². The Balaban J connectivity index is 1.35. The van der Waals surface area contributed by atoms with E-state index in [4.69, 9.17) is 13.9 Å². The Morgan fingerprint density at radius 1 is 1.28 bits per heavy atom. The molecule has 39 heavy (non-hydrogen) atoms. The molecule has 2 aliphatic rings. The molecule has 0 radical (unpaired) electrons. The van der Waals surface area contributed by atoms with Crippen molar-refractivity contribution in [1.82, 2.24) is 15.1 Å². The van der Waals surface area contributed by atoms with Crippen LogP contribution in [-0.4, -0.2) is 95.9 Å². The molecular weight excluding hydrogens is 503 g/mol. The molecule has 3 heterocycles. The Kier molecular flexibility index (Phi) is 9.30. The van der Waals surface area contributed by atoms with Crippen LogP contribution < -0.4 is 5.32 Å². The predicted molar refractivity (Wildman–Crippen MR) is 143 cm³/mol. The molecule has 3 N–H and O–H groups in total. The Morgan fingerprint density at radius 2 is 2.03 bits per heavy atom. The van der Waals surface area contributed by atoms with Crippen LogP contribution in [0.4, 0.5) is 4.79 Å². The van der Waals surface area contributed by atoms with Gasteiger partial charge in [-0.15, -0.1) is 0 Å². The smallest absolute Gasteiger partial charge is 0.464 e. The third kappa shape index (κ3) is 6.99. The van der Waals surface area contributed by atoms with Crippen molar-refractivity contribution in [3.8, 4) is 6.07 Å².